The standard InChI is InChI=1S/C19H48O7Si6/c1-18(19(20)21)16-15-17-32(24-29(8,9)10,25-30(11,12)13)26-31(14,22-27(2,3)4)23-28(5,6)7/h1,15-17H2,2-14H3,(H,20,21). The van der Waals surface area contributed by atoms with E-state index in [-0.39, 0.29) is 5.57 Å². The lowest BCUT2D eigenvalue weighted by atomic mass is 10.2. The zero-order valence-corrected chi connectivity index (χ0v) is 28.7. The van der Waals surface area contributed by atoms with E-state index in [0.717, 1.165) is 0 Å². The van der Waals surface area contributed by atoms with Gasteiger partial charge in [0.25, 0.3) is 0 Å². The molecule has 0 radical (unpaired) electrons. The summed E-state index contributed by atoms with van der Waals surface area (Å²) in [6.45, 7) is 31.2. The third-order valence-corrected chi connectivity index (χ3v) is 22.5. The van der Waals surface area contributed by atoms with Gasteiger partial charge >= 0.3 is 23.6 Å². The Morgan fingerprint density at radius 3 is 1.28 bits per heavy atom. The summed E-state index contributed by atoms with van der Waals surface area (Å²) in [6.07, 6.45) is 0.927. The normalized spacial score (nSPS) is 14.5. The van der Waals surface area contributed by atoms with E-state index in [1.54, 1.807) is 0 Å². The van der Waals surface area contributed by atoms with E-state index < -0.39 is 56.8 Å². The maximum absolute atomic E-state index is 11.3. The highest BCUT2D eigenvalue weighted by Crippen LogP contribution is 2.33. The van der Waals surface area contributed by atoms with Crippen molar-refractivity contribution in [2.45, 2.75) is 104 Å². The average Bonchev–Trinajstić information content (AvgIpc) is 2.37. The fourth-order valence-electron chi connectivity index (χ4n) is 3.23. The zero-order chi connectivity index (χ0) is 25.8. The number of hydrogen-bond acceptors (Lipinski definition) is 6. The molecule has 0 heterocycles. The lowest BCUT2D eigenvalue weighted by Gasteiger charge is -2.46. The van der Waals surface area contributed by atoms with Crippen molar-refractivity contribution < 1.29 is 30.5 Å². The Hall–Kier alpha value is 0.311. The van der Waals surface area contributed by atoms with Crippen LogP contribution in [-0.2, 0) is 25.4 Å². The van der Waals surface area contributed by atoms with Crippen LogP contribution in [0.5, 0.6) is 0 Å². The molecule has 0 aromatic rings. The van der Waals surface area contributed by atoms with Gasteiger partial charge in [0.2, 0.25) is 0 Å². The van der Waals surface area contributed by atoms with Crippen LogP contribution in [0.25, 0.3) is 0 Å². The van der Waals surface area contributed by atoms with Crippen molar-refractivity contribution in [1.29, 1.82) is 0 Å². The van der Waals surface area contributed by atoms with Crippen LogP contribution in [-0.4, -0.2) is 62.0 Å². The Morgan fingerprint density at radius 2 is 1.00 bits per heavy atom. The molecule has 7 nitrogen and oxygen atoms in total. The molecule has 0 aliphatic rings. The van der Waals surface area contributed by atoms with Crippen LogP contribution in [0.3, 0.4) is 0 Å². The van der Waals surface area contributed by atoms with Gasteiger partial charge in [0, 0.05) is 18.2 Å². The second kappa shape index (κ2) is 11.4. The minimum atomic E-state index is -3.26. The first-order valence-corrected chi connectivity index (χ1v) is 29.1. The van der Waals surface area contributed by atoms with Crippen molar-refractivity contribution >= 4 is 56.8 Å². The topological polar surface area (TPSA) is 83.5 Å². The third kappa shape index (κ3) is 15.3. The van der Waals surface area contributed by atoms with Gasteiger partial charge in [-0.2, -0.15) is 0 Å². The molecule has 0 atom stereocenters. The average molecular weight is 557 g/mol. The number of carbonyl (C=O) groups is 1. The molecule has 0 aliphatic carbocycles. The maximum atomic E-state index is 11.3. The fraction of sp³-hybridized carbons (Fsp3) is 0.842. The van der Waals surface area contributed by atoms with Crippen molar-refractivity contribution in [3.63, 3.8) is 0 Å². The summed E-state index contributed by atoms with van der Waals surface area (Å²) in [5.74, 6) is -0.973. The lowest BCUT2D eigenvalue weighted by Crippen LogP contribution is -2.66. The molecule has 1 N–H and O–H groups in total. The van der Waals surface area contributed by atoms with Gasteiger partial charge in [0.05, 0.1) is 0 Å². The number of aliphatic carboxylic acids is 1. The van der Waals surface area contributed by atoms with Crippen LogP contribution >= 0.6 is 0 Å². The first-order chi connectivity index (χ1) is 13.9. The first kappa shape index (κ1) is 32.3. The van der Waals surface area contributed by atoms with Crippen molar-refractivity contribution in [1.82, 2.24) is 0 Å². The second-order valence-corrected chi connectivity index (χ2v) is 36.8. The summed E-state index contributed by atoms with van der Waals surface area (Å²) >= 11 is 0. The molecule has 0 amide bonds. The molecule has 0 spiro atoms. The fourth-order valence-corrected chi connectivity index (χ4v) is 26.9. The van der Waals surface area contributed by atoms with E-state index in [4.69, 9.17) is 20.6 Å². The van der Waals surface area contributed by atoms with Gasteiger partial charge in [-0.25, -0.2) is 4.79 Å². The van der Waals surface area contributed by atoms with Crippen LogP contribution in [0.15, 0.2) is 12.2 Å². The van der Waals surface area contributed by atoms with Gasteiger partial charge in [-0.3, -0.25) is 0 Å². The zero-order valence-electron chi connectivity index (χ0n) is 22.7. The molecule has 0 aromatic heterocycles. The molecule has 0 saturated heterocycles. The summed E-state index contributed by atoms with van der Waals surface area (Å²) in [4.78, 5) is 11.3. The van der Waals surface area contributed by atoms with Gasteiger partial charge < -0.3 is 25.7 Å². The summed E-state index contributed by atoms with van der Waals surface area (Å²) in [6, 6.07) is 0.514. The van der Waals surface area contributed by atoms with E-state index in [1.165, 1.54) is 0 Å². The summed E-state index contributed by atoms with van der Waals surface area (Å²) < 4.78 is 33.7. The van der Waals surface area contributed by atoms with Gasteiger partial charge in [-0.05, 0) is 91.4 Å². The Bertz CT molecular complexity index is 613. The van der Waals surface area contributed by atoms with E-state index in [9.17, 15) is 9.90 Å². The molecule has 32 heavy (non-hydrogen) atoms. The van der Waals surface area contributed by atoms with Crippen LogP contribution in [0, 0.1) is 0 Å². The molecule has 0 rings (SSSR count). The predicted octanol–water partition coefficient (Wildman–Crippen LogP) is 6.34. The second-order valence-electron chi connectivity index (χ2n) is 12.3. The highest BCUT2D eigenvalue weighted by molar-refractivity contribution is 6.92. The van der Waals surface area contributed by atoms with Crippen molar-refractivity contribution in [2.75, 3.05) is 0 Å². The van der Waals surface area contributed by atoms with Gasteiger partial charge in [-0.15, -0.1) is 0 Å². The summed E-state index contributed by atoms with van der Waals surface area (Å²) in [5, 5.41) is 9.23. The summed E-state index contributed by atoms with van der Waals surface area (Å²) in [7, 11) is -14.5. The molecule has 190 valence electrons. The van der Waals surface area contributed by atoms with Gasteiger partial charge in [0.1, 0.15) is 0 Å². The monoisotopic (exact) mass is 556 g/mol. The Balaban J connectivity index is 6.34. The molecule has 0 aliphatic heterocycles. The highest BCUT2D eigenvalue weighted by atomic mass is 28.5. The molecule has 0 bridgehead atoms. The maximum Gasteiger partial charge on any atom is 0.472 e. The molecule has 0 aromatic carbocycles. The van der Waals surface area contributed by atoms with Crippen LogP contribution in [0.4, 0.5) is 0 Å². The van der Waals surface area contributed by atoms with Crippen LogP contribution < -0.4 is 0 Å². The number of carboxylic acid groups (broad SMARTS) is 1. The first-order valence-electron chi connectivity index (χ1n) is 11.3. The minimum absolute atomic E-state index is 0.186. The molecule has 0 fully saturated rings. The summed E-state index contributed by atoms with van der Waals surface area (Å²) in [5.41, 5.74) is 0.186. The quantitative estimate of drug-likeness (QED) is 0.186. The largest absolute Gasteiger partial charge is 0.478 e. The molecule has 13 heteroatoms. The van der Waals surface area contributed by atoms with E-state index in [1.807, 2.05) is 6.55 Å². The number of hydrogen-bond donors (Lipinski definition) is 1. The van der Waals surface area contributed by atoms with Crippen molar-refractivity contribution in [3.8, 4) is 0 Å². The molecule has 0 unspecified atom stereocenters. The predicted molar refractivity (Wildman–Crippen MR) is 147 cm³/mol. The molecular formula is C19H48O7Si6. The van der Waals surface area contributed by atoms with Crippen molar-refractivity contribution in [3.05, 3.63) is 12.2 Å². The Kier molecular flexibility index (Phi) is 11.5. The Morgan fingerprint density at radius 1 is 0.656 bits per heavy atom. The number of rotatable bonds is 15. The Labute approximate surface area is 203 Å². The third-order valence-electron chi connectivity index (χ3n) is 3.51. The van der Waals surface area contributed by atoms with Crippen LogP contribution in [0.1, 0.15) is 12.8 Å². The minimum Gasteiger partial charge on any atom is -0.478 e. The van der Waals surface area contributed by atoms with Gasteiger partial charge in [-0.1, -0.05) is 6.58 Å². The lowest BCUT2D eigenvalue weighted by molar-refractivity contribution is -0.132. The van der Waals surface area contributed by atoms with E-state index >= 15 is 0 Å². The van der Waals surface area contributed by atoms with Crippen LogP contribution in [0.2, 0.25) is 91.2 Å². The SMILES string of the molecule is C=C(CCC[Si](O[Si](C)(C)C)(O[Si](C)(C)C)O[Si](C)(O[Si](C)(C)C)O[Si](C)(C)C)C(=O)O. The number of carboxylic acids is 1. The molecule has 0 saturated carbocycles. The van der Waals surface area contributed by atoms with E-state index in [0.29, 0.717) is 18.9 Å². The van der Waals surface area contributed by atoms with Gasteiger partial charge in [0.15, 0.2) is 33.3 Å². The van der Waals surface area contributed by atoms with Crippen molar-refractivity contribution in [2.24, 2.45) is 0 Å². The highest BCUT2D eigenvalue weighted by Gasteiger charge is 2.56. The van der Waals surface area contributed by atoms with E-state index in [2.05, 4.69) is 85.1 Å². The smallest absolute Gasteiger partial charge is 0.472 e. The molecular weight excluding hydrogens is 509 g/mol.